The van der Waals surface area contributed by atoms with Gasteiger partial charge in [0.05, 0.1) is 5.56 Å². The summed E-state index contributed by atoms with van der Waals surface area (Å²) in [7, 11) is 0. The molecule has 0 bridgehead atoms. The predicted molar refractivity (Wildman–Crippen MR) is 126 cm³/mol. The lowest BCUT2D eigenvalue weighted by atomic mass is 9.92. The number of fused-ring (bicyclic) bond motifs is 1. The number of amides is 1. The molecule has 168 valence electrons. The lowest BCUT2D eigenvalue weighted by Gasteiger charge is -2.11. The molecule has 1 aromatic heterocycles. The van der Waals surface area contributed by atoms with Gasteiger partial charge in [0.15, 0.2) is 5.15 Å². The van der Waals surface area contributed by atoms with E-state index in [1.807, 2.05) is 0 Å². The maximum absolute atomic E-state index is 14.3. The molecular weight excluding hydrogens is 471 g/mol. The largest absolute Gasteiger partial charge is 0.399 e. The van der Waals surface area contributed by atoms with Crippen molar-refractivity contribution in [3.63, 3.8) is 0 Å². The van der Waals surface area contributed by atoms with Gasteiger partial charge >= 0.3 is 0 Å². The fourth-order valence-corrected chi connectivity index (χ4v) is 3.73. The monoisotopic (exact) mass is 487 g/mol. The third kappa shape index (κ3) is 4.62. The molecule has 1 aliphatic rings. The van der Waals surface area contributed by atoms with E-state index in [2.05, 4.69) is 15.3 Å². The SMILES string of the molecule is Nc1ccc(-c2ccc(-c3nc(Cl)c(Cl)[nH]3)c3c2CNC3=O)c(F)c1.Nc1ccc(F)cc1. The molecule has 0 fully saturated rings. The number of aromatic amines is 1. The molecule has 0 saturated carbocycles. The first kappa shape index (κ1) is 22.6. The highest BCUT2D eigenvalue weighted by Gasteiger charge is 2.28. The third-order valence-corrected chi connectivity index (χ3v) is 5.64. The number of nitrogens with zero attached hydrogens (tertiary/aromatic N) is 1. The topological polar surface area (TPSA) is 110 Å². The van der Waals surface area contributed by atoms with Gasteiger partial charge in [-0.25, -0.2) is 13.8 Å². The average Bonchev–Trinajstić information content (AvgIpc) is 3.33. The number of hydrogen-bond donors (Lipinski definition) is 4. The van der Waals surface area contributed by atoms with E-state index in [0.29, 0.717) is 51.6 Å². The molecule has 10 heteroatoms. The summed E-state index contributed by atoms with van der Waals surface area (Å²) in [5, 5.41) is 3.08. The molecule has 33 heavy (non-hydrogen) atoms. The standard InChI is InChI=1S/C17H11Cl2FN4O.C6H6FN/c18-14-15(19)24-16(23-14)10-4-3-8(11-6-22-17(25)13(10)11)9-2-1-7(21)5-12(9)20;7-5-1-3-6(8)4-2-5/h1-5H,6,21H2,(H,22,25)(H,23,24);1-4H,8H2. The lowest BCUT2D eigenvalue weighted by molar-refractivity contribution is 0.0966. The van der Waals surface area contributed by atoms with Crippen molar-refractivity contribution in [2.45, 2.75) is 6.54 Å². The zero-order valence-corrected chi connectivity index (χ0v) is 18.4. The second kappa shape index (κ2) is 9.09. The highest BCUT2D eigenvalue weighted by molar-refractivity contribution is 6.40. The van der Waals surface area contributed by atoms with Crippen LogP contribution in [0.15, 0.2) is 54.6 Å². The van der Waals surface area contributed by atoms with Crippen molar-refractivity contribution in [1.82, 2.24) is 15.3 Å². The van der Waals surface area contributed by atoms with Gasteiger partial charge in [-0.2, -0.15) is 0 Å². The second-order valence-corrected chi connectivity index (χ2v) is 7.91. The number of anilines is 2. The first-order valence-corrected chi connectivity index (χ1v) is 10.4. The van der Waals surface area contributed by atoms with Gasteiger partial charge in [-0.15, -0.1) is 0 Å². The number of carbonyl (C=O) groups excluding carboxylic acids is 1. The van der Waals surface area contributed by atoms with Crippen LogP contribution in [0.5, 0.6) is 0 Å². The number of hydrogen-bond acceptors (Lipinski definition) is 4. The second-order valence-electron chi connectivity index (χ2n) is 7.18. The fraction of sp³-hybridized carbons (Fsp3) is 0.0435. The van der Waals surface area contributed by atoms with Gasteiger partial charge in [0, 0.05) is 29.0 Å². The number of carbonyl (C=O) groups is 1. The van der Waals surface area contributed by atoms with Crippen LogP contribution in [0.3, 0.4) is 0 Å². The highest BCUT2D eigenvalue weighted by Crippen LogP contribution is 2.37. The Labute approximate surface area is 197 Å². The molecule has 5 rings (SSSR count). The van der Waals surface area contributed by atoms with Gasteiger partial charge in [-0.3, -0.25) is 4.79 Å². The molecule has 4 aromatic rings. The van der Waals surface area contributed by atoms with Crippen molar-refractivity contribution in [2.75, 3.05) is 11.5 Å². The van der Waals surface area contributed by atoms with Crippen LogP contribution in [0.25, 0.3) is 22.5 Å². The predicted octanol–water partition coefficient (Wildman–Crippen LogP) is 5.42. The Morgan fingerprint density at radius 3 is 2.12 bits per heavy atom. The molecule has 0 saturated heterocycles. The van der Waals surface area contributed by atoms with Crippen LogP contribution in [0, 0.1) is 11.6 Å². The van der Waals surface area contributed by atoms with E-state index in [1.165, 1.54) is 30.3 Å². The molecule has 0 atom stereocenters. The summed E-state index contributed by atoms with van der Waals surface area (Å²) >= 11 is 11.8. The van der Waals surface area contributed by atoms with Crippen molar-refractivity contribution < 1.29 is 13.6 Å². The van der Waals surface area contributed by atoms with Crippen LogP contribution < -0.4 is 16.8 Å². The number of H-pyrrole nitrogens is 1. The van der Waals surface area contributed by atoms with E-state index in [-0.39, 0.29) is 22.0 Å². The maximum Gasteiger partial charge on any atom is 0.252 e. The smallest absolute Gasteiger partial charge is 0.252 e. The van der Waals surface area contributed by atoms with E-state index in [1.54, 1.807) is 24.3 Å². The van der Waals surface area contributed by atoms with Gasteiger partial charge in [0.2, 0.25) is 0 Å². The fourth-order valence-electron chi connectivity index (χ4n) is 3.47. The number of benzene rings is 3. The molecule has 1 aliphatic heterocycles. The zero-order valence-electron chi connectivity index (χ0n) is 16.9. The van der Waals surface area contributed by atoms with Crippen molar-refractivity contribution in [2.24, 2.45) is 0 Å². The normalized spacial score (nSPS) is 12.1. The van der Waals surface area contributed by atoms with Gasteiger partial charge in [-0.05, 0) is 59.7 Å². The summed E-state index contributed by atoms with van der Waals surface area (Å²) in [6.07, 6.45) is 0. The number of nitrogen functional groups attached to an aromatic ring is 2. The van der Waals surface area contributed by atoms with Crippen LogP contribution in [-0.2, 0) is 6.54 Å². The maximum atomic E-state index is 14.3. The van der Waals surface area contributed by atoms with Crippen molar-refractivity contribution in [3.8, 4) is 22.5 Å². The molecule has 0 spiro atoms. The minimum absolute atomic E-state index is 0.123. The number of halogens is 4. The Morgan fingerprint density at radius 1 is 0.879 bits per heavy atom. The van der Waals surface area contributed by atoms with Crippen molar-refractivity contribution >= 4 is 40.5 Å². The average molecular weight is 488 g/mol. The van der Waals surface area contributed by atoms with E-state index in [0.717, 1.165) is 0 Å². The van der Waals surface area contributed by atoms with Crippen LogP contribution >= 0.6 is 23.2 Å². The van der Waals surface area contributed by atoms with E-state index < -0.39 is 5.82 Å². The van der Waals surface area contributed by atoms with Gasteiger partial charge in [0.1, 0.15) is 22.6 Å². The number of aromatic nitrogens is 2. The van der Waals surface area contributed by atoms with Crippen LogP contribution in [-0.4, -0.2) is 15.9 Å². The van der Waals surface area contributed by atoms with Crippen LogP contribution in [0.2, 0.25) is 10.3 Å². The Morgan fingerprint density at radius 2 is 1.52 bits per heavy atom. The molecule has 0 unspecified atom stereocenters. The quantitative estimate of drug-likeness (QED) is 0.283. The number of nitrogens with two attached hydrogens (primary N) is 2. The Bertz CT molecular complexity index is 1320. The molecule has 0 radical (unpaired) electrons. The number of imidazole rings is 1. The molecule has 3 aromatic carbocycles. The minimum Gasteiger partial charge on any atom is -0.399 e. The van der Waals surface area contributed by atoms with E-state index >= 15 is 0 Å². The summed E-state index contributed by atoms with van der Waals surface area (Å²) in [6.45, 7) is 0.295. The molecule has 6 N–H and O–H groups in total. The summed E-state index contributed by atoms with van der Waals surface area (Å²) in [6, 6.07) is 13.6. The Balaban J connectivity index is 0.000000275. The summed E-state index contributed by atoms with van der Waals surface area (Å²) in [5.74, 6) is -0.573. The molecule has 0 aliphatic carbocycles. The summed E-state index contributed by atoms with van der Waals surface area (Å²) in [5.41, 5.74) is 14.5. The van der Waals surface area contributed by atoms with Crippen LogP contribution in [0.1, 0.15) is 15.9 Å². The molecule has 6 nitrogen and oxygen atoms in total. The molecule has 2 heterocycles. The Hall–Kier alpha value is -3.62. The third-order valence-electron chi connectivity index (χ3n) is 4.99. The lowest BCUT2D eigenvalue weighted by Crippen LogP contribution is -2.13. The van der Waals surface area contributed by atoms with Crippen molar-refractivity contribution in [3.05, 3.63) is 87.7 Å². The number of rotatable bonds is 2. The molecule has 1 amide bonds. The first-order valence-electron chi connectivity index (χ1n) is 9.66. The van der Waals surface area contributed by atoms with Gasteiger partial charge < -0.3 is 21.8 Å². The minimum atomic E-state index is -0.446. The van der Waals surface area contributed by atoms with Gasteiger partial charge in [-0.1, -0.05) is 29.3 Å². The van der Waals surface area contributed by atoms with Gasteiger partial charge in [0.25, 0.3) is 5.91 Å². The highest BCUT2D eigenvalue weighted by atomic mass is 35.5. The first-order chi connectivity index (χ1) is 15.7. The zero-order chi connectivity index (χ0) is 23.7. The summed E-state index contributed by atoms with van der Waals surface area (Å²) < 4.78 is 26.4. The van der Waals surface area contributed by atoms with E-state index in [4.69, 9.17) is 34.7 Å². The summed E-state index contributed by atoms with van der Waals surface area (Å²) in [4.78, 5) is 19.3. The number of nitrogens with one attached hydrogen (secondary N) is 2. The van der Waals surface area contributed by atoms with E-state index in [9.17, 15) is 13.6 Å². The Kier molecular flexibility index (Phi) is 6.22. The molecular formula is C23H17Cl2F2N5O. The van der Waals surface area contributed by atoms with Crippen molar-refractivity contribution in [1.29, 1.82) is 0 Å². The van der Waals surface area contributed by atoms with Crippen LogP contribution in [0.4, 0.5) is 20.2 Å².